The van der Waals surface area contributed by atoms with Crippen molar-refractivity contribution in [2.45, 2.75) is 189 Å². The summed E-state index contributed by atoms with van der Waals surface area (Å²) in [6, 6.07) is 4.02. The second kappa shape index (κ2) is 36.2. The highest BCUT2D eigenvalue weighted by atomic mass is 35.5. The van der Waals surface area contributed by atoms with Gasteiger partial charge in [-0.05, 0) is 146 Å². The van der Waals surface area contributed by atoms with Gasteiger partial charge >= 0.3 is 5.97 Å². The van der Waals surface area contributed by atoms with Crippen molar-refractivity contribution >= 4 is 82.1 Å². The average Bonchev–Trinajstić information content (AvgIpc) is 0.766. The summed E-state index contributed by atoms with van der Waals surface area (Å²) in [6.45, 7) is 8.49. The number of benzene rings is 6. The van der Waals surface area contributed by atoms with E-state index in [4.69, 9.17) is 57.4 Å². The zero-order valence-corrected chi connectivity index (χ0v) is 64.6. The largest absolute Gasteiger partial charge is 0.508 e. The Morgan fingerprint density at radius 1 is 0.698 bits per heavy atom. The number of hydrogen-bond acceptors (Lipinski definition) is 26. The fraction of sp³-hybridized carbons (Fsp3) is 0.423. The summed E-state index contributed by atoms with van der Waals surface area (Å²) in [5, 5.41) is 138. The number of anilines is 1. The number of aromatic hydroxyl groups is 3. The molecule has 0 aromatic heterocycles. The van der Waals surface area contributed by atoms with Crippen molar-refractivity contribution in [1.82, 2.24) is 42.5 Å². The van der Waals surface area contributed by atoms with Crippen LogP contribution >= 0.6 is 23.2 Å². The van der Waals surface area contributed by atoms with Gasteiger partial charge in [-0.2, -0.15) is 0 Å². The SMILES string of the molecule is CCC(CC)N[C@H](CC(C)C)C(=O)N[C@H]1C(=O)N[C@@H](CC(N)=O)C(=O)N[C@H]2C(=O)N[C@H]3C(=O)N[C@H](C(=O)N[C@H](C(=O)NCC(=O)O)c4cc(O)cc(O)c4-c4cc3ccc4O)[C@H](O)c3ccc(c(Cl)c3)Oc3cc2cc(c3O[C@@H]2O[C@@H](CO)[C@@H](O)[C@H](O)[C@@H]2O[C@H]2C[C@](C)(Nc3ccc(F)cc3)[C@H](O)[C@H](C)O2)Oc2ccc(cc2Cl)[C@H]1O. The number of phenolic OH excluding ortho intramolecular Hbond substituents is 3. The van der Waals surface area contributed by atoms with E-state index in [2.05, 4.69) is 47.9 Å². The molecule has 0 saturated carbocycles. The number of carboxylic acids is 1. The van der Waals surface area contributed by atoms with Crippen LogP contribution < -0.4 is 67.8 Å². The number of fused-ring (bicyclic) bond motifs is 15. The molecule has 0 aliphatic carbocycles. The molecule has 7 aliphatic heterocycles. The lowest BCUT2D eigenvalue weighted by Gasteiger charge is -2.48. The molecule has 2 saturated heterocycles. The number of nitrogens with two attached hydrogens (primary N) is 1. The molecule has 11 bridgehead atoms. The van der Waals surface area contributed by atoms with Crippen LogP contribution in [0.15, 0.2) is 103 Å². The number of halogens is 3. The predicted molar refractivity (Wildman–Crippen MR) is 407 cm³/mol. The van der Waals surface area contributed by atoms with Gasteiger partial charge in [-0.1, -0.05) is 69.1 Å². The fourth-order valence-corrected chi connectivity index (χ4v) is 14.9. The van der Waals surface area contributed by atoms with Crippen molar-refractivity contribution < 1.29 is 127 Å². The van der Waals surface area contributed by atoms with Crippen molar-refractivity contribution in [3.8, 4) is 57.1 Å². The predicted octanol–water partition coefficient (Wildman–Crippen LogP) is 3.07. The molecule has 38 heteroatoms. The highest BCUT2D eigenvalue weighted by Crippen LogP contribution is 2.50. The van der Waals surface area contributed by atoms with E-state index in [0.29, 0.717) is 18.5 Å². The number of aliphatic carboxylic acids is 1. The molecule has 0 radical (unpaired) electrons. The first-order valence-electron chi connectivity index (χ1n) is 37.0. The van der Waals surface area contributed by atoms with E-state index in [-0.39, 0.29) is 46.7 Å². The van der Waals surface area contributed by atoms with Crippen LogP contribution in [-0.4, -0.2) is 202 Å². The standard InChI is InChI=1S/C78H89Cl2FN10O25/c1-7-38(8-2)84-45(19-31(3)4)70(104)89-61-63(99)34-10-17-49(43(79)21-34)112-51-23-36-24-52(67(51)116-77-68(66(102)65(101)53(30-92)114-77)115-56-28-78(6,69(103)32(5)111-56)91-39-14-12-37(81)13-15-39)113-50-18-11-35(22-44(50)80)64(100)62-76(110)88-60(72(106)83-29-55(97)98)42-25-40(93)26-48(95)57(42)41-20-33(9-16-47(41)94)58(73(107)90-62)87-74(108)59(36)86-71(105)46(27-54(82)96)85-75(61)109/h9-18,20-26,31-32,38,45-46,53,56,58-66,68-69,77,84,91-95,99-103H,7-8,19,27-30H2,1-6H3,(H2,82,96)(H,83,106)(H,85,109)(H,86,105)(H,87,108)(H,88,110)(H,89,104)(H,90,107)(H,97,98)/t32-,45+,46-,53-,56-,58+,59+,60-,61+,62-,63+,64+,65+,66-,68-,69+,77-,78-/m0/s1. The third-order valence-corrected chi connectivity index (χ3v) is 21.1. The van der Waals surface area contributed by atoms with Crippen LogP contribution in [0.1, 0.15) is 132 Å². The minimum absolute atomic E-state index is 0.128. The van der Waals surface area contributed by atoms with Crippen LogP contribution in [0.4, 0.5) is 10.1 Å². The van der Waals surface area contributed by atoms with Crippen LogP contribution in [0.5, 0.6) is 46.0 Å². The van der Waals surface area contributed by atoms with Crippen LogP contribution in [0, 0.1) is 11.7 Å². The number of amides is 8. The number of aliphatic hydroxyl groups excluding tert-OH is 6. The molecule has 2 fully saturated rings. The zero-order valence-electron chi connectivity index (χ0n) is 63.0. The van der Waals surface area contributed by atoms with E-state index in [9.17, 15) is 74.6 Å². The third-order valence-electron chi connectivity index (χ3n) is 20.5. The molecule has 7 heterocycles. The monoisotopic (exact) mass is 1650 g/mol. The molecule has 13 rings (SSSR count). The molecular weight excluding hydrogens is 1570 g/mol. The Labute approximate surface area is 671 Å². The second-order valence-corrected chi connectivity index (χ2v) is 30.2. The number of hydrogen-bond donors (Lipinski definition) is 20. The zero-order chi connectivity index (χ0) is 84.2. The maximum Gasteiger partial charge on any atom is 0.322 e. The van der Waals surface area contributed by atoms with Gasteiger partial charge in [0.05, 0.1) is 40.8 Å². The second-order valence-electron chi connectivity index (χ2n) is 29.4. The Balaban J connectivity index is 1.15. The lowest BCUT2D eigenvalue weighted by Crippen LogP contribution is -2.64. The molecule has 18 atom stereocenters. The summed E-state index contributed by atoms with van der Waals surface area (Å²) in [7, 11) is 0. The van der Waals surface area contributed by atoms with Gasteiger partial charge in [0, 0.05) is 35.3 Å². The van der Waals surface area contributed by atoms with Crippen molar-refractivity contribution in [2.24, 2.45) is 11.7 Å². The molecule has 6 aromatic rings. The molecule has 8 amide bonds. The van der Waals surface area contributed by atoms with Crippen LogP contribution in [-0.2, 0) is 57.4 Å². The van der Waals surface area contributed by atoms with E-state index < -0.39 is 261 Å². The van der Waals surface area contributed by atoms with Gasteiger partial charge in [-0.15, -0.1) is 0 Å². The summed E-state index contributed by atoms with van der Waals surface area (Å²) in [5.41, 5.74) is 1.83. The summed E-state index contributed by atoms with van der Waals surface area (Å²) in [5.74, 6) is -18.0. The first-order chi connectivity index (χ1) is 55.0. The topological polar surface area (TPSA) is 546 Å². The number of nitrogens with one attached hydrogen (secondary N) is 9. The first kappa shape index (κ1) is 86.1. The number of carboxylic acid groups (broad SMARTS) is 1. The van der Waals surface area contributed by atoms with Crippen molar-refractivity contribution in [2.75, 3.05) is 18.5 Å². The number of ether oxygens (including phenoxy) is 6. The molecule has 35 nitrogen and oxygen atoms in total. The first-order valence-corrected chi connectivity index (χ1v) is 37.8. The number of rotatable bonds is 20. The van der Waals surface area contributed by atoms with E-state index in [0.717, 1.165) is 66.7 Å². The molecular formula is C78H89Cl2FN10O25. The lowest BCUT2D eigenvalue weighted by molar-refractivity contribution is -0.332. The molecule has 0 unspecified atom stereocenters. The summed E-state index contributed by atoms with van der Waals surface area (Å²) < 4.78 is 53.4. The van der Waals surface area contributed by atoms with Gasteiger partial charge < -0.3 is 133 Å². The van der Waals surface area contributed by atoms with Gasteiger partial charge in [-0.3, -0.25) is 43.2 Å². The normalized spacial score (nSPS) is 27.1. The third kappa shape index (κ3) is 19.2. The smallest absolute Gasteiger partial charge is 0.322 e. The summed E-state index contributed by atoms with van der Waals surface area (Å²) in [6.07, 6.45) is -18.1. The van der Waals surface area contributed by atoms with E-state index >= 15 is 24.0 Å². The summed E-state index contributed by atoms with van der Waals surface area (Å²) in [4.78, 5) is 132. The number of aliphatic hydroxyl groups is 6. The maximum atomic E-state index is 16.3. The molecule has 116 heavy (non-hydrogen) atoms. The minimum Gasteiger partial charge on any atom is -0.508 e. The quantitative estimate of drug-likeness (QED) is 0.0522. The Hall–Kier alpha value is -10.7. The van der Waals surface area contributed by atoms with Crippen molar-refractivity contribution in [3.63, 3.8) is 0 Å². The van der Waals surface area contributed by atoms with E-state index in [1.807, 2.05) is 27.7 Å². The van der Waals surface area contributed by atoms with Crippen LogP contribution in [0.2, 0.25) is 10.0 Å². The van der Waals surface area contributed by atoms with Crippen LogP contribution in [0.25, 0.3) is 11.1 Å². The Bertz CT molecular complexity index is 4740. The Kier molecular flexibility index (Phi) is 26.9. The van der Waals surface area contributed by atoms with Gasteiger partial charge in [0.1, 0.15) is 114 Å². The highest BCUT2D eigenvalue weighted by Gasteiger charge is 2.52. The number of primary amides is 1. The number of carbonyl (C=O) groups is 9. The van der Waals surface area contributed by atoms with Crippen molar-refractivity contribution in [1.29, 1.82) is 0 Å². The highest BCUT2D eigenvalue weighted by molar-refractivity contribution is 6.32. The Morgan fingerprint density at radius 2 is 1.31 bits per heavy atom. The van der Waals surface area contributed by atoms with Gasteiger partial charge in [0.25, 0.3) is 0 Å². The maximum absolute atomic E-state index is 16.3. The lowest BCUT2D eigenvalue weighted by atomic mass is 9.84. The number of carbonyl (C=O) groups excluding carboxylic acids is 8. The van der Waals surface area contributed by atoms with Gasteiger partial charge in [0.2, 0.25) is 59.3 Å². The average molecular weight is 1660 g/mol. The van der Waals surface area contributed by atoms with Gasteiger partial charge in [0.15, 0.2) is 23.9 Å². The molecule has 21 N–H and O–H groups in total. The van der Waals surface area contributed by atoms with E-state index in [1.165, 1.54) is 43.3 Å². The molecule has 622 valence electrons. The molecule has 0 spiro atoms. The van der Waals surface area contributed by atoms with Crippen molar-refractivity contribution in [3.05, 3.63) is 147 Å². The Morgan fingerprint density at radius 3 is 1.91 bits per heavy atom. The molecule has 6 aromatic carbocycles. The molecule has 7 aliphatic rings. The minimum atomic E-state index is -2.40. The summed E-state index contributed by atoms with van der Waals surface area (Å²) >= 11 is 14.3. The van der Waals surface area contributed by atoms with Gasteiger partial charge in [-0.25, -0.2) is 4.39 Å². The van der Waals surface area contributed by atoms with E-state index in [1.54, 1.807) is 6.92 Å². The number of phenols is 3. The fourth-order valence-electron chi connectivity index (χ4n) is 14.4. The van der Waals surface area contributed by atoms with Crippen LogP contribution in [0.3, 0.4) is 0 Å².